The summed E-state index contributed by atoms with van der Waals surface area (Å²) in [5.41, 5.74) is 6.76. The summed E-state index contributed by atoms with van der Waals surface area (Å²) in [6.07, 6.45) is 0.592. The van der Waals surface area contributed by atoms with Gasteiger partial charge in [0.25, 0.3) is 0 Å². The standard InChI is InChI=1S/C16H17FN2O/c17-14-9-5-4-8-13(14)15(19-11-16(18)20)10-12-6-2-1-3-7-12/h1-9,15,19H,10-11H2,(H2,18,20)/t15-/m1/s1. The van der Waals surface area contributed by atoms with Crippen LogP contribution < -0.4 is 11.1 Å². The first-order valence-corrected chi connectivity index (χ1v) is 6.47. The predicted octanol–water partition coefficient (Wildman–Crippen LogP) is 2.18. The zero-order valence-electron chi connectivity index (χ0n) is 11.1. The fourth-order valence-corrected chi connectivity index (χ4v) is 2.12. The van der Waals surface area contributed by atoms with Crippen LogP contribution in [-0.4, -0.2) is 12.5 Å². The molecule has 0 aliphatic rings. The number of carbonyl (C=O) groups is 1. The van der Waals surface area contributed by atoms with Crippen LogP contribution in [0.3, 0.4) is 0 Å². The van der Waals surface area contributed by atoms with Crippen LogP contribution in [0.4, 0.5) is 4.39 Å². The van der Waals surface area contributed by atoms with Crippen molar-refractivity contribution < 1.29 is 9.18 Å². The molecule has 0 aliphatic carbocycles. The van der Waals surface area contributed by atoms with E-state index in [1.54, 1.807) is 18.2 Å². The van der Waals surface area contributed by atoms with Crippen LogP contribution in [0.15, 0.2) is 54.6 Å². The minimum Gasteiger partial charge on any atom is -0.369 e. The van der Waals surface area contributed by atoms with Crippen LogP contribution >= 0.6 is 0 Å². The molecule has 2 aromatic carbocycles. The molecule has 0 aromatic heterocycles. The second-order valence-electron chi connectivity index (χ2n) is 4.61. The molecule has 0 unspecified atom stereocenters. The number of benzene rings is 2. The van der Waals surface area contributed by atoms with Crippen molar-refractivity contribution in [1.82, 2.24) is 5.32 Å². The molecule has 0 saturated carbocycles. The molecule has 1 atom stereocenters. The van der Waals surface area contributed by atoms with E-state index in [1.165, 1.54) is 6.07 Å². The monoisotopic (exact) mass is 272 g/mol. The number of rotatable bonds is 6. The zero-order valence-corrected chi connectivity index (χ0v) is 11.1. The molecule has 3 N–H and O–H groups in total. The van der Waals surface area contributed by atoms with Gasteiger partial charge in [-0.2, -0.15) is 0 Å². The molecule has 0 radical (unpaired) electrons. The first kappa shape index (κ1) is 14.2. The molecular formula is C16H17FN2O. The van der Waals surface area contributed by atoms with Gasteiger partial charge in [-0.1, -0.05) is 48.5 Å². The average Bonchev–Trinajstić information content (AvgIpc) is 2.45. The Balaban J connectivity index is 2.20. The van der Waals surface area contributed by atoms with Gasteiger partial charge in [-0.25, -0.2) is 4.39 Å². The van der Waals surface area contributed by atoms with Gasteiger partial charge in [-0.3, -0.25) is 4.79 Å². The van der Waals surface area contributed by atoms with E-state index >= 15 is 0 Å². The number of nitrogens with two attached hydrogens (primary N) is 1. The molecular weight excluding hydrogens is 255 g/mol. The Bertz CT molecular complexity index is 572. The van der Waals surface area contributed by atoms with E-state index in [1.807, 2.05) is 30.3 Å². The molecule has 20 heavy (non-hydrogen) atoms. The summed E-state index contributed by atoms with van der Waals surface area (Å²) in [5.74, 6) is -0.746. The average molecular weight is 272 g/mol. The second-order valence-corrected chi connectivity index (χ2v) is 4.61. The van der Waals surface area contributed by atoms with Crippen molar-refractivity contribution in [3.63, 3.8) is 0 Å². The number of nitrogens with one attached hydrogen (secondary N) is 1. The second kappa shape index (κ2) is 6.82. The lowest BCUT2D eigenvalue weighted by Crippen LogP contribution is -2.33. The first-order chi connectivity index (χ1) is 9.66. The number of halogens is 1. The molecule has 1 amide bonds. The maximum Gasteiger partial charge on any atom is 0.231 e. The normalized spacial score (nSPS) is 12.1. The lowest BCUT2D eigenvalue weighted by molar-refractivity contribution is -0.117. The highest BCUT2D eigenvalue weighted by Gasteiger charge is 2.16. The molecule has 2 aromatic rings. The number of hydrogen-bond acceptors (Lipinski definition) is 2. The highest BCUT2D eigenvalue weighted by Crippen LogP contribution is 2.21. The van der Waals surface area contributed by atoms with Gasteiger partial charge in [0.15, 0.2) is 0 Å². The van der Waals surface area contributed by atoms with Crippen LogP contribution in [0.25, 0.3) is 0 Å². The van der Waals surface area contributed by atoms with Crippen LogP contribution in [0.5, 0.6) is 0 Å². The molecule has 0 heterocycles. The van der Waals surface area contributed by atoms with Crippen LogP contribution in [0.1, 0.15) is 17.2 Å². The SMILES string of the molecule is NC(=O)CN[C@H](Cc1ccccc1)c1ccccc1F. The summed E-state index contributed by atoms with van der Waals surface area (Å²) >= 11 is 0. The van der Waals surface area contributed by atoms with Crippen molar-refractivity contribution in [3.05, 3.63) is 71.5 Å². The van der Waals surface area contributed by atoms with Gasteiger partial charge in [0.05, 0.1) is 6.54 Å². The van der Waals surface area contributed by atoms with Gasteiger partial charge in [0, 0.05) is 11.6 Å². The molecule has 3 nitrogen and oxygen atoms in total. The highest BCUT2D eigenvalue weighted by molar-refractivity contribution is 5.75. The molecule has 0 aliphatic heterocycles. The van der Waals surface area contributed by atoms with E-state index < -0.39 is 5.91 Å². The van der Waals surface area contributed by atoms with Crippen molar-refractivity contribution in [2.75, 3.05) is 6.54 Å². The number of amides is 1. The Morgan fingerprint density at radius 3 is 2.40 bits per heavy atom. The maximum atomic E-state index is 13.9. The van der Waals surface area contributed by atoms with Crippen LogP contribution in [0.2, 0.25) is 0 Å². The summed E-state index contributed by atoms with van der Waals surface area (Å²) in [6, 6.07) is 16.0. The largest absolute Gasteiger partial charge is 0.369 e. The number of carbonyl (C=O) groups excluding carboxylic acids is 1. The zero-order chi connectivity index (χ0) is 14.4. The third-order valence-electron chi connectivity index (χ3n) is 3.09. The van der Waals surface area contributed by atoms with E-state index in [2.05, 4.69) is 5.32 Å². The predicted molar refractivity (Wildman–Crippen MR) is 76.5 cm³/mol. The topological polar surface area (TPSA) is 55.1 Å². The minimum absolute atomic E-state index is 0.0197. The molecule has 2 rings (SSSR count). The molecule has 0 spiro atoms. The van der Waals surface area contributed by atoms with E-state index in [9.17, 15) is 9.18 Å². The molecule has 0 saturated heterocycles. The summed E-state index contributed by atoms with van der Waals surface area (Å²) in [5, 5.41) is 3.01. The van der Waals surface area contributed by atoms with Crippen LogP contribution in [0, 0.1) is 5.82 Å². The summed E-state index contributed by atoms with van der Waals surface area (Å²) in [4.78, 5) is 10.9. The molecule has 0 fully saturated rings. The van der Waals surface area contributed by atoms with Gasteiger partial charge in [-0.05, 0) is 18.1 Å². The lowest BCUT2D eigenvalue weighted by Gasteiger charge is -2.19. The third kappa shape index (κ3) is 3.90. The summed E-state index contributed by atoms with van der Waals surface area (Å²) < 4.78 is 13.9. The van der Waals surface area contributed by atoms with Crippen molar-refractivity contribution in [3.8, 4) is 0 Å². The van der Waals surface area contributed by atoms with E-state index in [-0.39, 0.29) is 18.4 Å². The third-order valence-corrected chi connectivity index (χ3v) is 3.09. The molecule has 104 valence electrons. The van der Waals surface area contributed by atoms with Gasteiger partial charge >= 0.3 is 0 Å². The van der Waals surface area contributed by atoms with E-state index in [0.717, 1.165) is 5.56 Å². The maximum absolute atomic E-state index is 13.9. The Hall–Kier alpha value is -2.20. The van der Waals surface area contributed by atoms with Crippen molar-refractivity contribution in [1.29, 1.82) is 0 Å². The molecule has 4 heteroatoms. The van der Waals surface area contributed by atoms with Gasteiger partial charge in [-0.15, -0.1) is 0 Å². The van der Waals surface area contributed by atoms with Crippen molar-refractivity contribution in [2.24, 2.45) is 5.73 Å². The minimum atomic E-state index is -0.459. The van der Waals surface area contributed by atoms with Crippen molar-refractivity contribution >= 4 is 5.91 Å². The van der Waals surface area contributed by atoms with Gasteiger partial charge in [0.1, 0.15) is 5.82 Å². The summed E-state index contributed by atoms with van der Waals surface area (Å²) in [6.45, 7) is 0.0197. The quantitative estimate of drug-likeness (QED) is 0.847. The lowest BCUT2D eigenvalue weighted by atomic mass is 9.98. The fraction of sp³-hybridized carbons (Fsp3) is 0.188. The van der Waals surface area contributed by atoms with Crippen molar-refractivity contribution in [2.45, 2.75) is 12.5 Å². The van der Waals surface area contributed by atoms with E-state index in [0.29, 0.717) is 12.0 Å². The Kier molecular flexibility index (Phi) is 4.85. The number of hydrogen-bond donors (Lipinski definition) is 2. The Morgan fingerprint density at radius 2 is 1.75 bits per heavy atom. The Morgan fingerprint density at radius 1 is 1.10 bits per heavy atom. The Labute approximate surface area is 117 Å². The fourth-order valence-electron chi connectivity index (χ4n) is 2.12. The smallest absolute Gasteiger partial charge is 0.231 e. The highest BCUT2D eigenvalue weighted by atomic mass is 19.1. The van der Waals surface area contributed by atoms with Gasteiger partial charge in [0.2, 0.25) is 5.91 Å². The number of primary amides is 1. The van der Waals surface area contributed by atoms with E-state index in [4.69, 9.17) is 5.73 Å². The van der Waals surface area contributed by atoms with Gasteiger partial charge < -0.3 is 11.1 Å². The summed E-state index contributed by atoms with van der Waals surface area (Å²) in [7, 11) is 0. The van der Waals surface area contributed by atoms with Crippen LogP contribution in [-0.2, 0) is 11.2 Å². The molecule has 0 bridgehead atoms. The first-order valence-electron chi connectivity index (χ1n) is 6.47.